The summed E-state index contributed by atoms with van der Waals surface area (Å²) in [5.41, 5.74) is 3.04. The van der Waals surface area contributed by atoms with E-state index in [-0.39, 0.29) is 0 Å². The van der Waals surface area contributed by atoms with Crippen molar-refractivity contribution in [1.82, 2.24) is 9.97 Å². The second-order valence-electron chi connectivity index (χ2n) is 5.00. The number of ether oxygens (including phenoxy) is 1. The Balaban J connectivity index is 1.88. The van der Waals surface area contributed by atoms with Crippen LogP contribution in [0.3, 0.4) is 0 Å². The molecule has 0 saturated heterocycles. The molecule has 0 aliphatic rings. The Labute approximate surface area is 138 Å². The minimum atomic E-state index is -1.09. The molecule has 24 heavy (non-hydrogen) atoms. The molecule has 0 aliphatic heterocycles. The van der Waals surface area contributed by atoms with E-state index in [1.54, 1.807) is 25.4 Å². The van der Waals surface area contributed by atoms with Gasteiger partial charge in [0.05, 0.1) is 12.8 Å². The molecular formula is C18H15N3O3. The van der Waals surface area contributed by atoms with Crippen LogP contribution in [0, 0.1) is 0 Å². The van der Waals surface area contributed by atoms with Gasteiger partial charge >= 0.3 is 6.09 Å². The fraction of sp³-hybridized carbons (Fsp3) is 0.0556. The van der Waals surface area contributed by atoms with E-state index in [0.29, 0.717) is 11.5 Å². The predicted molar refractivity (Wildman–Crippen MR) is 91.1 cm³/mol. The zero-order valence-electron chi connectivity index (χ0n) is 12.9. The molecule has 120 valence electrons. The first-order valence-electron chi connectivity index (χ1n) is 7.23. The van der Waals surface area contributed by atoms with Crippen LogP contribution in [0.1, 0.15) is 0 Å². The zero-order valence-corrected chi connectivity index (χ0v) is 12.9. The third-order valence-electron chi connectivity index (χ3n) is 3.44. The van der Waals surface area contributed by atoms with Crippen LogP contribution < -0.4 is 10.1 Å². The van der Waals surface area contributed by atoms with Gasteiger partial charge in [0.25, 0.3) is 0 Å². The Bertz CT molecular complexity index is 846. The summed E-state index contributed by atoms with van der Waals surface area (Å²) in [7, 11) is 1.62. The van der Waals surface area contributed by atoms with Crippen LogP contribution in [0.25, 0.3) is 22.6 Å². The normalized spacial score (nSPS) is 10.2. The van der Waals surface area contributed by atoms with Gasteiger partial charge in [0, 0.05) is 23.0 Å². The average Bonchev–Trinajstić information content (AvgIpc) is 2.62. The number of aromatic nitrogens is 2. The van der Waals surface area contributed by atoms with Gasteiger partial charge in [-0.25, -0.2) is 14.8 Å². The molecule has 1 amide bonds. The minimum absolute atomic E-state index is 0.510. The standard InChI is InChI=1S/C18H15N3O3/c1-24-15-8-4-13(5-9-15)17-19-11-10-16(21-17)12-2-6-14(7-3-12)20-18(22)23/h2-11,20H,1H3,(H,22,23). The number of carbonyl (C=O) groups is 1. The van der Waals surface area contributed by atoms with Crippen molar-refractivity contribution < 1.29 is 14.6 Å². The van der Waals surface area contributed by atoms with E-state index in [0.717, 1.165) is 22.6 Å². The number of nitrogens with zero attached hydrogens (tertiary/aromatic N) is 2. The number of anilines is 1. The topological polar surface area (TPSA) is 84.3 Å². The van der Waals surface area contributed by atoms with Crippen molar-refractivity contribution in [3.63, 3.8) is 0 Å². The maximum Gasteiger partial charge on any atom is 0.409 e. The van der Waals surface area contributed by atoms with E-state index in [4.69, 9.17) is 9.84 Å². The van der Waals surface area contributed by atoms with Gasteiger partial charge in [-0.1, -0.05) is 12.1 Å². The lowest BCUT2D eigenvalue weighted by molar-refractivity contribution is 0.210. The molecule has 6 heteroatoms. The summed E-state index contributed by atoms with van der Waals surface area (Å²) in [5, 5.41) is 11.0. The molecule has 0 bridgehead atoms. The smallest absolute Gasteiger partial charge is 0.409 e. The molecule has 2 aromatic carbocycles. The lowest BCUT2D eigenvalue weighted by atomic mass is 10.1. The van der Waals surface area contributed by atoms with Crippen molar-refractivity contribution in [2.45, 2.75) is 0 Å². The molecule has 3 aromatic rings. The second kappa shape index (κ2) is 6.78. The molecule has 0 aliphatic carbocycles. The third kappa shape index (κ3) is 3.49. The molecule has 0 radical (unpaired) electrons. The average molecular weight is 321 g/mol. The lowest BCUT2D eigenvalue weighted by Crippen LogP contribution is -2.06. The minimum Gasteiger partial charge on any atom is -0.497 e. The summed E-state index contributed by atoms with van der Waals surface area (Å²) in [5.74, 6) is 1.39. The number of benzene rings is 2. The van der Waals surface area contributed by atoms with Gasteiger partial charge in [0.1, 0.15) is 5.75 Å². The van der Waals surface area contributed by atoms with Gasteiger partial charge in [-0.3, -0.25) is 5.32 Å². The first-order valence-corrected chi connectivity index (χ1v) is 7.23. The van der Waals surface area contributed by atoms with Crippen molar-refractivity contribution in [3.8, 4) is 28.4 Å². The van der Waals surface area contributed by atoms with Gasteiger partial charge in [-0.2, -0.15) is 0 Å². The highest BCUT2D eigenvalue weighted by Gasteiger charge is 2.06. The Morgan fingerprint density at radius 1 is 1.00 bits per heavy atom. The maximum atomic E-state index is 10.6. The maximum absolute atomic E-state index is 10.6. The summed E-state index contributed by atoms with van der Waals surface area (Å²) < 4.78 is 5.15. The molecule has 0 spiro atoms. The Morgan fingerprint density at radius 2 is 1.67 bits per heavy atom. The van der Waals surface area contributed by atoms with Crippen molar-refractivity contribution in [3.05, 3.63) is 60.8 Å². The van der Waals surface area contributed by atoms with E-state index < -0.39 is 6.09 Å². The quantitative estimate of drug-likeness (QED) is 0.761. The van der Waals surface area contributed by atoms with Gasteiger partial charge < -0.3 is 9.84 Å². The van der Waals surface area contributed by atoms with Crippen LogP contribution in [0.2, 0.25) is 0 Å². The van der Waals surface area contributed by atoms with Gasteiger partial charge in [0.15, 0.2) is 5.82 Å². The molecule has 6 nitrogen and oxygen atoms in total. The van der Waals surface area contributed by atoms with Crippen molar-refractivity contribution >= 4 is 11.8 Å². The molecule has 0 saturated carbocycles. The number of nitrogens with one attached hydrogen (secondary N) is 1. The summed E-state index contributed by atoms with van der Waals surface area (Å²) in [6.45, 7) is 0. The predicted octanol–water partition coefficient (Wildman–Crippen LogP) is 3.91. The molecule has 0 fully saturated rings. The van der Waals surface area contributed by atoms with E-state index in [9.17, 15) is 4.79 Å². The number of rotatable bonds is 4. The first kappa shape index (κ1) is 15.5. The number of carboxylic acid groups (broad SMARTS) is 1. The van der Waals surface area contributed by atoms with Crippen molar-refractivity contribution in [2.24, 2.45) is 0 Å². The van der Waals surface area contributed by atoms with E-state index >= 15 is 0 Å². The van der Waals surface area contributed by atoms with Crippen LogP contribution >= 0.6 is 0 Å². The largest absolute Gasteiger partial charge is 0.497 e. The molecule has 1 aromatic heterocycles. The second-order valence-corrected chi connectivity index (χ2v) is 5.00. The molecule has 1 heterocycles. The van der Waals surface area contributed by atoms with Crippen molar-refractivity contribution in [1.29, 1.82) is 0 Å². The van der Waals surface area contributed by atoms with Gasteiger partial charge in [-0.15, -0.1) is 0 Å². The van der Waals surface area contributed by atoms with Crippen LogP contribution in [-0.4, -0.2) is 28.3 Å². The van der Waals surface area contributed by atoms with Crippen LogP contribution in [-0.2, 0) is 0 Å². The number of amides is 1. The highest BCUT2D eigenvalue weighted by atomic mass is 16.5. The SMILES string of the molecule is COc1ccc(-c2nccc(-c3ccc(NC(=O)O)cc3)n2)cc1. The first-order chi connectivity index (χ1) is 11.7. The number of hydrogen-bond donors (Lipinski definition) is 2. The molecule has 0 atom stereocenters. The Kier molecular flexibility index (Phi) is 4.38. The molecule has 3 rings (SSSR count). The Morgan fingerprint density at radius 3 is 2.29 bits per heavy atom. The summed E-state index contributed by atoms with van der Waals surface area (Å²) in [4.78, 5) is 19.5. The van der Waals surface area contributed by atoms with E-state index in [1.807, 2.05) is 42.5 Å². The molecule has 2 N–H and O–H groups in total. The fourth-order valence-corrected chi connectivity index (χ4v) is 2.25. The van der Waals surface area contributed by atoms with E-state index in [1.165, 1.54) is 0 Å². The Hall–Kier alpha value is -3.41. The van der Waals surface area contributed by atoms with Crippen LogP contribution in [0.4, 0.5) is 10.5 Å². The molecule has 0 unspecified atom stereocenters. The third-order valence-corrected chi connectivity index (χ3v) is 3.44. The fourth-order valence-electron chi connectivity index (χ4n) is 2.25. The molecular weight excluding hydrogens is 306 g/mol. The highest BCUT2D eigenvalue weighted by molar-refractivity contribution is 5.83. The van der Waals surface area contributed by atoms with E-state index in [2.05, 4.69) is 15.3 Å². The van der Waals surface area contributed by atoms with Gasteiger partial charge in [-0.05, 0) is 42.5 Å². The summed E-state index contributed by atoms with van der Waals surface area (Å²) >= 11 is 0. The lowest BCUT2D eigenvalue weighted by Gasteiger charge is -2.06. The monoisotopic (exact) mass is 321 g/mol. The van der Waals surface area contributed by atoms with Gasteiger partial charge in [0.2, 0.25) is 0 Å². The summed E-state index contributed by atoms with van der Waals surface area (Å²) in [6.07, 6.45) is 0.609. The number of hydrogen-bond acceptors (Lipinski definition) is 4. The van der Waals surface area contributed by atoms with Crippen molar-refractivity contribution in [2.75, 3.05) is 12.4 Å². The number of methoxy groups -OCH3 is 1. The zero-order chi connectivity index (χ0) is 16.9. The summed E-state index contributed by atoms with van der Waals surface area (Å²) in [6, 6.07) is 16.3. The highest BCUT2D eigenvalue weighted by Crippen LogP contribution is 2.23. The van der Waals surface area contributed by atoms with Crippen LogP contribution in [0.15, 0.2) is 60.8 Å². The van der Waals surface area contributed by atoms with Crippen LogP contribution in [0.5, 0.6) is 5.75 Å².